The summed E-state index contributed by atoms with van der Waals surface area (Å²) < 4.78 is 0. The van der Waals surface area contributed by atoms with Crippen molar-refractivity contribution in [3.63, 3.8) is 0 Å². The second kappa shape index (κ2) is 10.3. The van der Waals surface area contributed by atoms with Crippen molar-refractivity contribution in [2.75, 3.05) is 13.2 Å². The second-order valence-corrected chi connectivity index (χ2v) is 8.74. The first-order valence-electron chi connectivity index (χ1n) is 9.59. The second-order valence-electron chi connectivity index (χ2n) is 7.28. The quantitative estimate of drug-likeness (QED) is 0.424. The van der Waals surface area contributed by atoms with E-state index < -0.39 is 5.54 Å². The van der Waals surface area contributed by atoms with Gasteiger partial charge in [-0.05, 0) is 53.3 Å². The Kier molecular flexibility index (Phi) is 7.76. The topological polar surface area (TPSA) is 66.5 Å². The Balaban J connectivity index is 1.64. The van der Waals surface area contributed by atoms with Crippen molar-refractivity contribution in [2.45, 2.75) is 29.0 Å². The predicted molar refractivity (Wildman–Crippen MR) is 122 cm³/mol. The van der Waals surface area contributed by atoms with E-state index in [0.29, 0.717) is 17.9 Å². The normalized spacial score (nSPS) is 11.6. The molecule has 152 valence electrons. The molecule has 3 nitrogen and oxygen atoms in total. The summed E-state index contributed by atoms with van der Waals surface area (Å²) in [5, 5.41) is 19.3. The highest BCUT2D eigenvalue weighted by molar-refractivity contribution is 7.98. The number of aliphatic hydroxyl groups is 2. The molecule has 0 spiro atoms. The number of halogens is 1. The minimum atomic E-state index is -0.977. The lowest BCUT2D eigenvalue weighted by atomic mass is 9.93. The molecule has 0 fully saturated rings. The van der Waals surface area contributed by atoms with E-state index in [1.807, 2.05) is 36.0 Å². The molecule has 0 saturated carbocycles. The van der Waals surface area contributed by atoms with Gasteiger partial charge in [-0.25, -0.2) is 0 Å². The summed E-state index contributed by atoms with van der Waals surface area (Å²) in [5.41, 5.74) is 9.41. The monoisotopic (exact) mass is 427 g/mol. The fraction of sp³-hybridized carbons (Fsp3) is 0.250. The Morgan fingerprint density at radius 1 is 0.862 bits per heavy atom. The Labute approximate surface area is 181 Å². The number of aliphatic hydroxyl groups excluding tert-OH is 2. The van der Waals surface area contributed by atoms with Gasteiger partial charge in [0.25, 0.3) is 0 Å². The van der Waals surface area contributed by atoms with Gasteiger partial charge in [-0.3, -0.25) is 0 Å². The summed E-state index contributed by atoms with van der Waals surface area (Å²) in [6.07, 6.45) is 1.07. The highest BCUT2D eigenvalue weighted by Crippen LogP contribution is 2.30. The Hall–Kier alpha value is -1.82. The third-order valence-electron chi connectivity index (χ3n) is 5.01. The molecule has 3 aromatic rings. The molecule has 5 heteroatoms. The maximum Gasteiger partial charge on any atom is 0.0633 e. The minimum Gasteiger partial charge on any atom is -0.394 e. The van der Waals surface area contributed by atoms with Crippen molar-refractivity contribution >= 4 is 23.4 Å². The van der Waals surface area contributed by atoms with Crippen LogP contribution in [0.15, 0.2) is 77.7 Å². The molecule has 0 amide bonds. The highest BCUT2D eigenvalue weighted by atomic mass is 35.5. The van der Waals surface area contributed by atoms with Crippen molar-refractivity contribution in [3.8, 4) is 11.1 Å². The fourth-order valence-electron chi connectivity index (χ4n) is 3.01. The van der Waals surface area contributed by atoms with Crippen molar-refractivity contribution in [1.29, 1.82) is 0 Å². The predicted octanol–water partition coefficient (Wildman–Crippen LogP) is 4.91. The summed E-state index contributed by atoms with van der Waals surface area (Å²) in [6, 6.07) is 24.9. The largest absolute Gasteiger partial charge is 0.394 e. The van der Waals surface area contributed by atoms with E-state index in [4.69, 9.17) is 17.3 Å². The lowest BCUT2D eigenvalue weighted by Crippen LogP contribution is -2.47. The van der Waals surface area contributed by atoms with E-state index in [0.717, 1.165) is 22.4 Å². The van der Waals surface area contributed by atoms with Crippen molar-refractivity contribution < 1.29 is 10.2 Å². The van der Waals surface area contributed by atoms with E-state index >= 15 is 0 Å². The molecular formula is C24H26ClNO2S. The van der Waals surface area contributed by atoms with Gasteiger partial charge in [-0.1, -0.05) is 66.2 Å². The summed E-state index contributed by atoms with van der Waals surface area (Å²) in [5.74, 6) is 0.949. The molecule has 29 heavy (non-hydrogen) atoms. The minimum absolute atomic E-state index is 0.256. The number of hydrogen-bond acceptors (Lipinski definition) is 4. The van der Waals surface area contributed by atoms with Crippen LogP contribution in [0.2, 0.25) is 5.02 Å². The Morgan fingerprint density at radius 2 is 1.52 bits per heavy atom. The smallest absolute Gasteiger partial charge is 0.0633 e. The third-order valence-corrected chi connectivity index (χ3v) is 6.45. The van der Waals surface area contributed by atoms with Crippen LogP contribution in [0, 0.1) is 0 Å². The van der Waals surface area contributed by atoms with Crippen molar-refractivity contribution in [2.24, 2.45) is 5.73 Å². The van der Waals surface area contributed by atoms with Crippen LogP contribution in [-0.2, 0) is 12.2 Å². The van der Waals surface area contributed by atoms with Gasteiger partial charge in [0, 0.05) is 15.7 Å². The van der Waals surface area contributed by atoms with Gasteiger partial charge in [0.05, 0.1) is 18.8 Å². The van der Waals surface area contributed by atoms with E-state index in [9.17, 15) is 10.2 Å². The molecule has 0 saturated heterocycles. The number of aryl methyl sites for hydroxylation is 1. The van der Waals surface area contributed by atoms with Gasteiger partial charge in [-0.2, -0.15) is 0 Å². The number of hydrogen-bond donors (Lipinski definition) is 3. The lowest BCUT2D eigenvalue weighted by molar-refractivity contribution is 0.115. The molecule has 4 N–H and O–H groups in total. The molecule has 0 unspecified atom stereocenters. The maximum atomic E-state index is 9.33. The third kappa shape index (κ3) is 6.08. The van der Waals surface area contributed by atoms with E-state index in [2.05, 4.69) is 48.5 Å². The number of nitrogens with two attached hydrogens (primary N) is 1. The zero-order valence-corrected chi connectivity index (χ0v) is 17.8. The molecule has 0 heterocycles. The lowest BCUT2D eigenvalue weighted by Gasteiger charge is -2.24. The maximum absolute atomic E-state index is 9.33. The van der Waals surface area contributed by atoms with Crippen molar-refractivity contribution in [3.05, 3.63) is 88.9 Å². The van der Waals surface area contributed by atoms with Gasteiger partial charge in [0.2, 0.25) is 0 Å². The standard InChI is InChI=1S/C24H26ClNO2S/c25-23-14-21(7-6-20(23)12-13-24(26,16-27)17-28)19-8-10-22(11-9-19)29-15-18-4-2-1-3-5-18/h1-11,14,27-28H,12-13,15-17,26H2. The first kappa shape index (κ1) is 21.9. The summed E-state index contributed by atoms with van der Waals surface area (Å²) in [7, 11) is 0. The first-order valence-corrected chi connectivity index (χ1v) is 11.0. The molecule has 0 aliphatic heterocycles. The van der Waals surface area contributed by atoms with Crippen LogP contribution in [0.5, 0.6) is 0 Å². The summed E-state index contributed by atoms with van der Waals surface area (Å²) in [6.45, 7) is -0.512. The van der Waals surface area contributed by atoms with Gasteiger partial charge in [0.15, 0.2) is 0 Å². The Bertz CT molecular complexity index is 912. The summed E-state index contributed by atoms with van der Waals surface area (Å²) in [4.78, 5) is 1.23. The van der Waals surface area contributed by atoms with Crippen LogP contribution >= 0.6 is 23.4 Å². The number of thioether (sulfide) groups is 1. The first-order chi connectivity index (χ1) is 14.0. The SMILES string of the molecule is NC(CO)(CO)CCc1ccc(-c2ccc(SCc3ccccc3)cc2)cc1Cl. The zero-order valence-electron chi connectivity index (χ0n) is 16.2. The molecule has 3 aromatic carbocycles. The molecule has 3 rings (SSSR count). The average molecular weight is 428 g/mol. The van der Waals surface area contributed by atoms with Gasteiger partial charge >= 0.3 is 0 Å². The summed E-state index contributed by atoms with van der Waals surface area (Å²) >= 11 is 8.29. The molecule has 0 atom stereocenters. The van der Waals surface area contributed by atoms with Gasteiger partial charge in [-0.15, -0.1) is 11.8 Å². The van der Waals surface area contributed by atoms with Crippen LogP contribution in [0.25, 0.3) is 11.1 Å². The van der Waals surface area contributed by atoms with Crippen LogP contribution in [0.4, 0.5) is 0 Å². The van der Waals surface area contributed by atoms with Gasteiger partial charge < -0.3 is 15.9 Å². The highest BCUT2D eigenvalue weighted by Gasteiger charge is 2.23. The molecule has 0 aliphatic carbocycles. The molecule has 0 aromatic heterocycles. The van der Waals surface area contributed by atoms with Crippen LogP contribution in [0.1, 0.15) is 17.5 Å². The molecule has 0 bridgehead atoms. The fourth-order valence-corrected chi connectivity index (χ4v) is 4.14. The van der Waals surface area contributed by atoms with E-state index in [1.54, 1.807) is 0 Å². The molecule has 0 aliphatic rings. The number of benzene rings is 3. The van der Waals surface area contributed by atoms with Crippen LogP contribution < -0.4 is 5.73 Å². The number of rotatable bonds is 9. The van der Waals surface area contributed by atoms with Crippen LogP contribution in [-0.4, -0.2) is 29.0 Å². The molecular weight excluding hydrogens is 402 g/mol. The molecule has 0 radical (unpaired) electrons. The van der Waals surface area contributed by atoms with Crippen molar-refractivity contribution in [1.82, 2.24) is 0 Å². The average Bonchev–Trinajstić information content (AvgIpc) is 2.77. The zero-order chi connectivity index (χ0) is 20.7. The van der Waals surface area contributed by atoms with Gasteiger partial charge in [0.1, 0.15) is 0 Å². The van der Waals surface area contributed by atoms with Crippen LogP contribution in [0.3, 0.4) is 0 Å². The Morgan fingerprint density at radius 3 is 2.14 bits per heavy atom. The van der Waals surface area contributed by atoms with E-state index in [-0.39, 0.29) is 13.2 Å². The van der Waals surface area contributed by atoms with E-state index in [1.165, 1.54) is 10.5 Å².